The number of fused-ring (bicyclic) bond motifs is 1. The summed E-state index contributed by atoms with van der Waals surface area (Å²) < 4.78 is 10.9. The number of halogens is 2. The number of carbonyl (C=O) groups excluding carboxylic acids is 1. The zero-order valence-corrected chi connectivity index (χ0v) is 13.8. The number of benzene rings is 2. The molecule has 1 aliphatic heterocycles. The molecule has 120 valence electrons. The molecule has 0 aliphatic carbocycles. The largest absolute Gasteiger partial charge is 0.486 e. The number of rotatable bonds is 4. The molecule has 0 saturated heterocycles. The van der Waals surface area contributed by atoms with Crippen LogP contribution in [0.15, 0.2) is 36.4 Å². The highest BCUT2D eigenvalue weighted by Crippen LogP contribution is 2.37. The molecular formula is C17H15Cl2NO3. The number of carbonyl (C=O) groups is 1. The molecule has 0 saturated carbocycles. The first-order chi connectivity index (χ1) is 11.1. The van der Waals surface area contributed by atoms with Crippen LogP contribution < -0.4 is 14.8 Å². The molecule has 0 fully saturated rings. The first-order valence-electron chi connectivity index (χ1n) is 7.25. The highest BCUT2D eigenvalue weighted by Gasteiger charge is 2.16. The molecule has 3 rings (SSSR count). The SMILES string of the molecule is O=C(CCc1ccc(Cl)cc1)Nc1cc2c(cc1Cl)OCCO2. The Morgan fingerprint density at radius 1 is 1.04 bits per heavy atom. The molecule has 0 aromatic heterocycles. The quantitative estimate of drug-likeness (QED) is 0.891. The van der Waals surface area contributed by atoms with E-state index in [2.05, 4.69) is 5.32 Å². The number of ether oxygens (including phenoxy) is 2. The summed E-state index contributed by atoms with van der Waals surface area (Å²) in [4.78, 5) is 12.1. The van der Waals surface area contributed by atoms with Gasteiger partial charge in [0.15, 0.2) is 11.5 Å². The Labute approximate surface area is 144 Å². The van der Waals surface area contributed by atoms with Crippen LogP contribution in [0, 0.1) is 0 Å². The van der Waals surface area contributed by atoms with Crippen molar-refractivity contribution < 1.29 is 14.3 Å². The lowest BCUT2D eigenvalue weighted by Crippen LogP contribution is -2.17. The standard InChI is InChI=1S/C17H15Cl2NO3/c18-12-4-1-11(2-5-12)3-6-17(21)20-14-10-16-15(9-13(14)19)22-7-8-23-16/h1-2,4-5,9-10H,3,6-8H2,(H,20,21). The normalized spacial score (nSPS) is 12.8. The molecule has 2 aromatic carbocycles. The van der Waals surface area contributed by atoms with E-state index in [1.165, 1.54) is 0 Å². The minimum atomic E-state index is -0.112. The van der Waals surface area contributed by atoms with Crippen LogP contribution in [0.2, 0.25) is 10.0 Å². The Morgan fingerprint density at radius 3 is 2.39 bits per heavy atom. The molecule has 0 bridgehead atoms. The highest BCUT2D eigenvalue weighted by atomic mass is 35.5. The van der Waals surface area contributed by atoms with Crippen molar-refractivity contribution in [2.75, 3.05) is 18.5 Å². The number of hydrogen-bond acceptors (Lipinski definition) is 3. The predicted molar refractivity (Wildman–Crippen MR) is 90.8 cm³/mol. The summed E-state index contributed by atoms with van der Waals surface area (Å²) >= 11 is 12.0. The Balaban J connectivity index is 1.62. The highest BCUT2D eigenvalue weighted by molar-refractivity contribution is 6.34. The average molecular weight is 352 g/mol. The number of nitrogens with one attached hydrogen (secondary N) is 1. The molecule has 2 aromatic rings. The van der Waals surface area contributed by atoms with Gasteiger partial charge < -0.3 is 14.8 Å². The predicted octanol–water partition coefficient (Wildman–Crippen LogP) is 4.34. The second-order valence-corrected chi connectivity index (χ2v) is 5.99. The minimum Gasteiger partial charge on any atom is -0.486 e. The molecular weight excluding hydrogens is 337 g/mol. The zero-order valence-electron chi connectivity index (χ0n) is 12.3. The van der Waals surface area contributed by atoms with Gasteiger partial charge in [0.2, 0.25) is 5.91 Å². The lowest BCUT2D eigenvalue weighted by molar-refractivity contribution is -0.116. The van der Waals surface area contributed by atoms with Crippen molar-refractivity contribution in [3.05, 3.63) is 52.0 Å². The summed E-state index contributed by atoms with van der Waals surface area (Å²) in [5, 5.41) is 3.92. The monoisotopic (exact) mass is 351 g/mol. The van der Waals surface area contributed by atoms with Gasteiger partial charge in [0, 0.05) is 23.6 Å². The van der Waals surface area contributed by atoms with E-state index in [9.17, 15) is 4.79 Å². The van der Waals surface area contributed by atoms with Crippen LogP contribution >= 0.6 is 23.2 Å². The first-order valence-corrected chi connectivity index (χ1v) is 8.01. The van der Waals surface area contributed by atoms with E-state index < -0.39 is 0 Å². The van der Waals surface area contributed by atoms with Gasteiger partial charge in [0.25, 0.3) is 0 Å². The molecule has 4 nitrogen and oxygen atoms in total. The van der Waals surface area contributed by atoms with Crippen molar-refractivity contribution in [1.29, 1.82) is 0 Å². The summed E-state index contributed by atoms with van der Waals surface area (Å²) in [5.41, 5.74) is 1.58. The van der Waals surface area contributed by atoms with Gasteiger partial charge in [0.05, 0.1) is 10.7 Å². The molecule has 1 aliphatic rings. The van der Waals surface area contributed by atoms with E-state index in [0.29, 0.717) is 53.3 Å². The summed E-state index contributed by atoms with van der Waals surface area (Å²) in [6.45, 7) is 0.981. The molecule has 1 N–H and O–H groups in total. The third-order valence-corrected chi connectivity index (χ3v) is 4.02. The van der Waals surface area contributed by atoms with Crippen molar-refractivity contribution >= 4 is 34.8 Å². The second-order valence-electron chi connectivity index (χ2n) is 5.15. The molecule has 0 spiro atoms. The molecule has 0 radical (unpaired) electrons. The summed E-state index contributed by atoms with van der Waals surface area (Å²) in [5.74, 6) is 1.08. The Bertz CT molecular complexity index is 717. The Morgan fingerprint density at radius 2 is 1.70 bits per heavy atom. The van der Waals surface area contributed by atoms with Crippen LogP contribution in [-0.2, 0) is 11.2 Å². The molecule has 23 heavy (non-hydrogen) atoms. The summed E-state index contributed by atoms with van der Waals surface area (Å²) in [7, 11) is 0. The maximum atomic E-state index is 12.1. The van der Waals surface area contributed by atoms with Crippen molar-refractivity contribution in [3.8, 4) is 11.5 Å². The van der Waals surface area contributed by atoms with Crippen molar-refractivity contribution in [2.45, 2.75) is 12.8 Å². The fourth-order valence-corrected chi connectivity index (χ4v) is 2.61. The van der Waals surface area contributed by atoms with E-state index in [0.717, 1.165) is 5.56 Å². The fraction of sp³-hybridized carbons (Fsp3) is 0.235. The Kier molecular flexibility index (Phi) is 4.94. The molecule has 0 atom stereocenters. The van der Waals surface area contributed by atoms with Gasteiger partial charge in [-0.1, -0.05) is 35.3 Å². The van der Waals surface area contributed by atoms with Crippen LogP contribution in [0.25, 0.3) is 0 Å². The number of hydrogen-bond donors (Lipinski definition) is 1. The van der Waals surface area contributed by atoms with Crippen LogP contribution in [0.4, 0.5) is 5.69 Å². The van der Waals surface area contributed by atoms with Gasteiger partial charge in [-0.25, -0.2) is 0 Å². The average Bonchev–Trinajstić information content (AvgIpc) is 2.55. The maximum Gasteiger partial charge on any atom is 0.224 e. The summed E-state index contributed by atoms with van der Waals surface area (Å²) in [6.07, 6.45) is 0.984. The van der Waals surface area contributed by atoms with E-state index in [4.69, 9.17) is 32.7 Å². The van der Waals surface area contributed by atoms with Crippen LogP contribution in [-0.4, -0.2) is 19.1 Å². The lowest BCUT2D eigenvalue weighted by atomic mass is 10.1. The Hall–Kier alpha value is -1.91. The van der Waals surface area contributed by atoms with Crippen molar-refractivity contribution in [2.24, 2.45) is 0 Å². The first kappa shape index (κ1) is 16.0. The minimum absolute atomic E-state index is 0.112. The maximum absolute atomic E-state index is 12.1. The fourth-order valence-electron chi connectivity index (χ4n) is 2.28. The third-order valence-electron chi connectivity index (χ3n) is 3.46. The number of aryl methyl sites for hydroxylation is 1. The van der Waals surface area contributed by atoms with Crippen LogP contribution in [0.5, 0.6) is 11.5 Å². The summed E-state index contributed by atoms with van der Waals surface area (Å²) in [6, 6.07) is 10.8. The van der Waals surface area contributed by atoms with Gasteiger partial charge in [-0.05, 0) is 24.1 Å². The lowest BCUT2D eigenvalue weighted by Gasteiger charge is -2.20. The van der Waals surface area contributed by atoms with Gasteiger partial charge >= 0.3 is 0 Å². The second kappa shape index (κ2) is 7.11. The topological polar surface area (TPSA) is 47.6 Å². The van der Waals surface area contributed by atoms with Gasteiger partial charge in [-0.3, -0.25) is 4.79 Å². The molecule has 1 heterocycles. The smallest absolute Gasteiger partial charge is 0.224 e. The molecule has 1 amide bonds. The van der Waals surface area contributed by atoms with Crippen LogP contribution in [0.1, 0.15) is 12.0 Å². The van der Waals surface area contributed by atoms with Gasteiger partial charge in [0.1, 0.15) is 13.2 Å². The van der Waals surface area contributed by atoms with E-state index >= 15 is 0 Å². The number of anilines is 1. The van der Waals surface area contributed by atoms with E-state index in [-0.39, 0.29) is 5.91 Å². The number of amides is 1. The molecule has 0 unspecified atom stereocenters. The van der Waals surface area contributed by atoms with Crippen LogP contribution in [0.3, 0.4) is 0 Å². The van der Waals surface area contributed by atoms with Crippen molar-refractivity contribution in [3.63, 3.8) is 0 Å². The van der Waals surface area contributed by atoms with Crippen molar-refractivity contribution in [1.82, 2.24) is 0 Å². The van der Waals surface area contributed by atoms with Gasteiger partial charge in [-0.2, -0.15) is 0 Å². The van der Waals surface area contributed by atoms with E-state index in [1.807, 2.05) is 24.3 Å². The molecule has 6 heteroatoms. The third kappa shape index (κ3) is 4.09. The van der Waals surface area contributed by atoms with Gasteiger partial charge in [-0.15, -0.1) is 0 Å². The van der Waals surface area contributed by atoms with E-state index in [1.54, 1.807) is 12.1 Å². The zero-order chi connectivity index (χ0) is 16.2.